The summed E-state index contributed by atoms with van der Waals surface area (Å²) in [5.74, 6) is 0.599. The Morgan fingerprint density at radius 2 is 1.58 bits per heavy atom. The van der Waals surface area contributed by atoms with Crippen molar-refractivity contribution in [2.24, 2.45) is 7.05 Å². The van der Waals surface area contributed by atoms with Crippen LogP contribution in [-0.4, -0.2) is 77.7 Å². The minimum atomic E-state index is -0.782. The van der Waals surface area contributed by atoms with Crippen molar-refractivity contribution in [1.29, 1.82) is 0 Å². The van der Waals surface area contributed by atoms with Gasteiger partial charge in [-0.1, -0.05) is 12.1 Å². The van der Waals surface area contributed by atoms with Gasteiger partial charge >= 0.3 is 5.69 Å². The van der Waals surface area contributed by atoms with Gasteiger partial charge in [0.15, 0.2) is 0 Å². The van der Waals surface area contributed by atoms with Crippen LogP contribution >= 0.6 is 0 Å². The summed E-state index contributed by atoms with van der Waals surface area (Å²) in [5, 5.41) is 8.68. The quantitative estimate of drug-likeness (QED) is 0.263. The van der Waals surface area contributed by atoms with Gasteiger partial charge in [0.05, 0.1) is 57.7 Å². The lowest BCUT2D eigenvalue weighted by Crippen LogP contribution is -2.47. The lowest BCUT2D eigenvalue weighted by Gasteiger charge is -2.31. The molecule has 1 fully saturated rings. The minimum Gasteiger partial charge on any atom is -0.497 e. The lowest BCUT2D eigenvalue weighted by atomic mass is 10.0. The van der Waals surface area contributed by atoms with Crippen LogP contribution in [0.25, 0.3) is 11.0 Å². The number of fused-ring (bicyclic) bond motifs is 1. The predicted octanol–water partition coefficient (Wildman–Crippen LogP) is 1.64. The number of amides is 2. The Kier molecular flexibility index (Phi) is 9.16. The number of imide groups is 1. The van der Waals surface area contributed by atoms with Crippen molar-refractivity contribution in [3.05, 3.63) is 58.5 Å². The number of nitrogens with zero attached hydrogens (tertiary/aromatic N) is 3. The molecule has 0 aliphatic carbocycles. The van der Waals surface area contributed by atoms with Gasteiger partial charge in [0.25, 0.3) is 5.91 Å². The van der Waals surface area contributed by atoms with Crippen molar-refractivity contribution >= 4 is 22.8 Å². The zero-order valence-electron chi connectivity index (χ0n) is 21.6. The summed E-state index contributed by atoms with van der Waals surface area (Å²) in [4.78, 5) is 40.6. The topological polar surface area (TPSA) is 121 Å². The molecule has 2 heterocycles. The third kappa shape index (κ3) is 6.07. The molecular weight excluding hydrogens is 494 g/mol. The number of piperidine rings is 1. The van der Waals surface area contributed by atoms with E-state index < -0.39 is 11.9 Å². The summed E-state index contributed by atoms with van der Waals surface area (Å²) in [6, 6.07) is 11.7. The fraction of sp³-hybridized carbons (Fsp3) is 0.444. The van der Waals surface area contributed by atoms with Gasteiger partial charge in [-0.05, 0) is 36.2 Å². The Balaban J connectivity index is 1.46. The standard InChI is InChI=1S/C27H33N3O8/c1-28-24-17-21(38-16-15-37-14-13-36-12-11-31)7-8-22(24)30(27(28)34)23-9-10-25(32)29(26(23)33)18-19-3-5-20(35-2)6-4-19/h3-8,17,23,31H,9-16,18H2,1-2H3. The van der Waals surface area contributed by atoms with Crippen molar-refractivity contribution < 1.29 is 33.6 Å². The van der Waals surface area contributed by atoms with E-state index in [-0.39, 0.29) is 44.2 Å². The van der Waals surface area contributed by atoms with Crippen molar-refractivity contribution in [3.8, 4) is 11.5 Å². The number of methoxy groups -OCH3 is 1. The first-order valence-corrected chi connectivity index (χ1v) is 12.5. The number of rotatable bonds is 13. The monoisotopic (exact) mass is 527 g/mol. The second kappa shape index (κ2) is 12.7. The molecule has 0 bridgehead atoms. The Morgan fingerprint density at radius 1 is 0.895 bits per heavy atom. The van der Waals surface area contributed by atoms with E-state index in [4.69, 9.17) is 24.1 Å². The molecule has 38 heavy (non-hydrogen) atoms. The molecule has 11 heteroatoms. The zero-order valence-corrected chi connectivity index (χ0v) is 21.6. The van der Waals surface area contributed by atoms with Crippen molar-refractivity contribution in [2.45, 2.75) is 25.4 Å². The van der Waals surface area contributed by atoms with Gasteiger partial charge in [0, 0.05) is 19.5 Å². The van der Waals surface area contributed by atoms with Crippen LogP contribution in [0.3, 0.4) is 0 Å². The molecule has 1 unspecified atom stereocenters. The number of hydrogen-bond donors (Lipinski definition) is 1. The van der Waals surface area contributed by atoms with Gasteiger partial charge in [-0.25, -0.2) is 4.79 Å². The summed E-state index contributed by atoms with van der Waals surface area (Å²) in [6.07, 6.45) is 0.426. The molecule has 1 N–H and O–H groups in total. The van der Waals surface area contributed by atoms with Gasteiger partial charge in [0.2, 0.25) is 5.91 Å². The van der Waals surface area contributed by atoms with Crippen LogP contribution in [0.4, 0.5) is 0 Å². The number of aryl methyl sites for hydroxylation is 1. The van der Waals surface area contributed by atoms with Crippen LogP contribution < -0.4 is 15.2 Å². The zero-order chi connectivity index (χ0) is 27.1. The third-order valence-corrected chi connectivity index (χ3v) is 6.46. The first kappa shape index (κ1) is 27.4. The van der Waals surface area contributed by atoms with Gasteiger partial charge in [-0.15, -0.1) is 0 Å². The van der Waals surface area contributed by atoms with Crippen LogP contribution in [0.15, 0.2) is 47.3 Å². The molecule has 3 aromatic rings. The smallest absolute Gasteiger partial charge is 0.329 e. The van der Waals surface area contributed by atoms with Crippen LogP contribution in [0.1, 0.15) is 24.4 Å². The van der Waals surface area contributed by atoms with Crippen LogP contribution in [0, 0.1) is 0 Å². The molecule has 0 radical (unpaired) electrons. The summed E-state index contributed by atoms with van der Waals surface area (Å²) < 4.78 is 24.5. The van der Waals surface area contributed by atoms with Crippen molar-refractivity contribution in [2.75, 3.05) is 46.8 Å². The van der Waals surface area contributed by atoms with Crippen LogP contribution in [-0.2, 0) is 32.7 Å². The average Bonchev–Trinajstić information content (AvgIpc) is 3.17. The molecule has 2 aromatic carbocycles. The molecule has 2 amide bonds. The minimum absolute atomic E-state index is 0.0230. The lowest BCUT2D eigenvalue weighted by molar-refractivity contribution is -0.151. The number of aliphatic hydroxyl groups is 1. The van der Waals surface area contributed by atoms with Gasteiger partial charge in [0.1, 0.15) is 24.1 Å². The normalized spacial score (nSPS) is 15.9. The molecule has 1 aliphatic rings. The predicted molar refractivity (Wildman–Crippen MR) is 138 cm³/mol. The van der Waals surface area contributed by atoms with E-state index in [1.54, 1.807) is 44.5 Å². The van der Waals surface area contributed by atoms with E-state index >= 15 is 0 Å². The van der Waals surface area contributed by atoms with Gasteiger partial charge in [-0.2, -0.15) is 0 Å². The number of likely N-dealkylation sites (tertiary alicyclic amines) is 1. The van der Waals surface area contributed by atoms with Crippen LogP contribution in [0.5, 0.6) is 11.5 Å². The number of hydrogen-bond acceptors (Lipinski definition) is 8. The number of aromatic nitrogens is 2. The highest BCUT2D eigenvalue weighted by Crippen LogP contribution is 2.29. The maximum Gasteiger partial charge on any atom is 0.329 e. The first-order chi connectivity index (χ1) is 18.4. The number of carbonyl (C=O) groups excluding carboxylic acids is 2. The molecular formula is C27H33N3O8. The maximum absolute atomic E-state index is 13.5. The van der Waals surface area contributed by atoms with Crippen molar-refractivity contribution in [1.82, 2.24) is 14.0 Å². The van der Waals surface area contributed by atoms with Crippen LogP contribution in [0.2, 0.25) is 0 Å². The third-order valence-electron chi connectivity index (χ3n) is 6.46. The highest BCUT2D eigenvalue weighted by atomic mass is 16.5. The van der Waals surface area contributed by atoms with E-state index in [1.165, 1.54) is 14.0 Å². The molecule has 11 nitrogen and oxygen atoms in total. The summed E-state index contributed by atoms with van der Waals surface area (Å²) >= 11 is 0. The highest BCUT2D eigenvalue weighted by Gasteiger charge is 2.37. The molecule has 1 atom stereocenters. The number of ether oxygens (including phenoxy) is 4. The first-order valence-electron chi connectivity index (χ1n) is 12.5. The molecule has 204 valence electrons. The SMILES string of the molecule is COc1ccc(CN2C(=O)CCC(n3c(=O)n(C)c4cc(OCCOCCOCCO)ccc43)C2=O)cc1. The maximum atomic E-state index is 13.5. The Bertz CT molecular complexity index is 1310. The Labute approximate surface area is 220 Å². The number of imidazole rings is 1. The molecule has 0 spiro atoms. The highest BCUT2D eigenvalue weighted by molar-refractivity contribution is 6.00. The summed E-state index contributed by atoms with van der Waals surface area (Å²) in [7, 11) is 3.22. The average molecular weight is 528 g/mol. The second-order valence-electron chi connectivity index (χ2n) is 8.88. The van der Waals surface area contributed by atoms with E-state index in [0.29, 0.717) is 49.0 Å². The summed E-state index contributed by atoms with van der Waals surface area (Å²) in [5.41, 5.74) is 1.68. The number of carbonyl (C=O) groups is 2. The van der Waals surface area contributed by atoms with E-state index in [9.17, 15) is 14.4 Å². The second-order valence-corrected chi connectivity index (χ2v) is 8.88. The van der Waals surface area contributed by atoms with Crippen molar-refractivity contribution in [3.63, 3.8) is 0 Å². The van der Waals surface area contributed by atoms with Gasteiger partial charge in [-0.3, -0.25) is 23.6 Å². The molecule has 1 aliphatic heterocycles. The molecule has 4 rings (SSSR count). The fourth-order valence-electron chi connectivity index (χ4n) is 4.48. The van der Waals surface area contributed by atoms with E-state index in [1.807, 2.05) is 12.1 Å². The Hall–Kier alpha value is -3.67. The largest absolute Gasteiger partial charge is 0.497 e. The number of aliphatic hydroxyl groups excluding tert-OH is 1. The van der Waals surface area contributed by atoms with E-state index in [0.717, 1.165) is 5.56 Å². The van der Waals surface area contributed by atoms with Gasteiger partial charge < -0.3 is 24.1 Å². The summed E-state index contributed by atoms with van der Waals surface area (Å²) in [6.45, 7) is 1.84. The molecule has 1 aromatic heterocycles. The van der Waals surface area contributed by atoms with E-state index in [2.05, 4.69) is 0 Å². The Morgan fingerprint density at radius 3 is 2.29 bits per heavy atom. The molecule has 1 saturated heterocycles. The number of benzene rings is 2. The fourth-order valence-corrected chi connectivity index (χ4v) is 4.48. The molecule has 0 saturated carbocycles.